The van der Waals surface area contributed by atoms with Gasteiger partial charge >= 0.3 is 5.97 Å². The average molecular weight is 423 g/mol. The second-order valence-corrected chi connectivity index (χ2v) is 6.77. The zero-order valence-electron chi connectivity index (χ0n) is 17.8. The normalized spacial score (nSPS) is 10.4. The molecular weight excluding hydrogens is 398 g/mol. The predicted octanol–water partition coefficient (Wildman–Crippen LogP) is 3.27. The van der Waals surface area contributed by atoms with Crippen molar-refractivity contribution in [2.24, 2.45) is 0 Å². The monoisotopic (exact) mass is 423 g/mol. The van der Waals surface area contributed by atoms with Crippen LogP contribution in [-0.4, -0.2) is 39.8 Å². The fraction of sp³-hybridized carbons (Fsp3) is 0.250. The van der Waals surface area contributed by atoms with Crippen molar-refractivity contribution in [1.82, 2.24) is 5.32 Å². The van der Waals surface area contributed by atoms with E-state index in [0.29, 0.717) is 22.8 Å². The van der Waals surface area contributed by atoms with Gasteiger partial charge in [-0.25, -0.2) is 0 Å². The molecule has 0 spiro atoms. The Morgan fingerprint density at radius 1 is 0.806 bits per heavy atom. The number of methoxy groups -OCH3 is 3. The first kappa shape index (κ1) is 22.0. The molecule has 162 valence electrons. The van der Waals surface area contributed by atoms with Crippen molar-refractivity contribution in [2.45, 2.75) is 13.0 Å². The van der Waals surface area contributed by atoms with Crippen LogP contribution in [0.25, 0.3) is 10.8 Å². The van der Waals surface area contributed by atoms with Crippen LogP contribution in [0.1, 0.15) is 11.1 Å². The fourth-order valence-corrected chi connectivity index (χ4v) is 3.27. The third kappa shape index (κ3) is 5.45. The van der Waals surface area contributed by atoms with Crippen LogP contribution in [0.2, 0.25) is 0 Å². The lowest BCUT2D eigenvalue weighted by Gasteiger charge is -2.14. The minimum absolute atomic E-state index is 0.0954. The maximum absolute atomic E-state index is 12.2. The second-order valence-electron chi connectivity index (χ2n) is 6.77. The molecule has 0 saturated carbocycles. The smallest absolute Gasteiger partial charge is 0.310 e. The summed E-state index contributed by atoms with van der Waals surface area (Å²) in [6.07, 6.45) is 0.0954. The van der Waals surface area contributed by atoms with Crippen molar-refractivity contribution in [3.05, 3.63) is 65.7 Å². The number of carbonyl (C=O) groups excluding carboxylic acids is 2. The number of amides is 1. The highest BCUT2D eigenvalue weighted by molar-refractivity contribution is 5.89. The van der Waals surface area contributed by atoms with Crippen LogP contribution >= 0.6 is 0 Å². The van der Waals surface area contributed by atoms with Gasteiger partial charge < -0.3 is 24.3 Å². The first-order valence-corrected chi connectivity index (χ1v) is 9.73. The van der Waals surface area contributed by atoms with E-state index in [0.717, 1.165) is 16.3 Å². The van der Waals surface area contributed by atoms with Gasteiger partial charge in [0.2, 0.25) is 0 Å². The van der Waals surface area contributed by atoms with E-state index in [9.17, 15) is 9.59 Å². The molecule has 0 aliphatic carbocycles. The molecule has 0 fully saturated rings. The molecule has 31 heavy (non-hydrogen) atoms. The van der Waals surface area contributed by atoms with Crippen LogP contribution in [0.4, 0.5) is 0 Å². The molecule has 0 aromatic heterocycles. The molecule has 3 rings (SSSR count). The van der Waals surface area contributed by atoms with E-state index in [1.807, 2.05) is 42.5 Å². The van der Waals surface area contributed by atoms with Crippen LogP contribution in [0, 0.1) is 0 Å². The number of hydrogen-bond acceptors (Lipinski definition) is 6. The van der Waals surface area contributed by atoms with Crippen molar-refractivity contribution >= 4 is 22.6 Å². The lowest BCUT2D eigenvalue weighted by molar-refractivity contribution is -0.147. The fourth-order valence-electron chi connectivity index (χ4n) is 3.27. The molecule has 7 nitrogen and oxygen atoms in total. The highest BCUT2D eigenvalue weighted by Gasteiger charge is 2.14. The molecule has 7 heteroatoms. The summed E-state index contributed by atoms with van der Waals surface area (Å²) in [5.41, 5.74) is 1.56. The second kappa shape index (κ2) is 10.3. The standard InChI is InChI=1S/C24H25NO6/c1-28-20-13-22(30-3)21(29-2)11-18(20)14-25-23(26)15-31-24(27)12-17-9-6-8-16-7-4-5-10-19(16)17/h4-11,13H,12,14-15H2,1-3H3,(H,25,26). The largest absolute Gasteiger partial charge is 0.496 e. The number of carbonyl (C=O) groups is 2. The van der Waals surface area contributed by atoms with E-state index >= 15 is 0 Å². The van der Waals surface area contributed by atoms with Crippen LogP contribution in [-0.2, 0) is 27.3 Å². The van der Waals surface area contributed by atoms with Gasteiger partial charge in [-0.3, -0.25) is 9.59 Å². The summed E-state index contributed by atoms with van der Waals surface area (Å²) in [6.45, 7) is -0.178. The minimum Gasteiger partial charge on any atom is -0.496 e. The third-order valence-electron chi connectivity index (χ3n) is 4.84. The van der Waals surface area contributed by atoms with Crippen LogP contribution < -0.4 is 19.5 Å². The molecule has 0 heterocycles. The molecule has 0 radical (unpaired) electrons. The van der Waals surface area contributed by atoms with Crippen molar-refractivity contribution in [1.29, 1.82) is 0 Å². The SMILES string of the molecule is COc1cc(OC)c(OC)cc1CNC(=O)COC(=O)Cc1cccc2ccccc12. The number of rotatable bonds is 9. The van der Waals surface area contributed by atoms with Gasteiger partial charge in [0.1, 0.15) is 5.75 Å². The summed E-state index contributed by atoms with van der Waals surface area (Å²) in [5, 5.41) is 4.76. The average Bonchev–Trinajstić information content (AvgIpc) is 2.81. The number of nitrogens with one attached hydrogen (secondary N) is 1. The summed E-state index contributed by atoms with van der Waals surface area (Å²) < 4.78 is 21.0. The summed E-state index contributed by atoms with van der Waals surface area (Å²) in [7, 11) is 4.59. The van der Waals surface area contributed by atoms with Gasteiger partial charge in [-0.05, 0) is 22.4 Å². The van der Waals surface area contributed by atoms with E-state index < -0.39 is 11.9 Å². The maximum Gasteiger partial charge on any atom is 0.310 e. The maximum atomic E-state index is 12.2. The van der Waals surface area contributed by atoms with Gasteiger partial charge in [0, 0.05) is 18.2 Å². The highest BCUT2D eigenvalue weighted by atomic mass is 16.5. The molecule has 3 aromatic rings. The first-order valence-electron chi connectivity index (χ1n) is 9.73. The van der Waals surface area contributed by atoms with Crippen molar-refractivity contribution in [3.8, 4) is 17.2 Å². The Morgan fingerprint density at radius 3 is 2.23 bits per heavy atom. The molecule has 0 aliphatic rings. The Bertz CT molecular complexity index is 1070. The van der Waals surface area contributed by atoms with E-state index in [2.05, 4.69) is 5.32 Å². The van der Waals surface area contributed by atoms with E-state index in [-0.39, 0.29) is 19.6 Å². The van der Waals surface area contributed by atoms with Gasteiger partial charge in [-0.2, -0.15) is 0 Å². The number of fused-ring (bicyclic) bond motifs is 1. The molecule has 0 bridgehead atoms. The first-order chi connectivity index (χ1) is 15.0. The highest BCUT2D eigenvalue weighted by Crippen LogP contribution is 2.34. The quantitative estimate of drug-likeness (QED) is 0.532. The Labute approximate surface area is 180 Å². The Morgan fingerprint density at radius 2 is 1.48 bits per heavy atom. The number of hydrogen-bond donors (Lipinski definition) is 1. The molecule has 0 aliphatic heterocycles. The molecule has 1 N–H and O–H groups in total. The van der Waals surface area contributed by atoms with Gasteiger partial charge in [-0.1, -0.05) is 42.5 Å². The molecular formula is C24H25NO6. The minimum atomic E-state index is -0.463. The zero-order chi connectivity index (χ0) is 22.2. The molecule has 1 amide bonds. The summed E-state index contributed by atoms with van der Waals surface area (Å²) in [5.74, 6) is 0.718. The third-order valence-corrected chi connectivity index (χ3v) is 4.84. The van der Waals surface area contributed by atoms with Gasteiger partial charge in [0.25, 0.3) is 5.91 Å². The van der Waals surface area contributed by atoms with Crippen molar-refractivity contribution in [3.63, 3.8) is 0 Å². The van der Waals surface area contributed by atoms with Crippen molar-refractivity contribution in [2.75, 3.05) is 27.9 Å². The summed E-state index contributed by atoms with van der Waals surface area (Å²) in [4.78, 5) is 24.4. The van der Waals surface area contributed by atoms with E-state index in [1.165, 1.54) is 21.3 Å². The summed E-state index contributed by atoms with van der Waals surface area (Å²) in [6, 6.07) is 17.0. The van der Waals surface area contributed by atoms with Crippen molar-refractivity contribution < 1.29 is 28.5 Å². The number of benzene rings is 3. The van der Waals surface area contributed by atoms with Gasteiger partial charge in [0.15, 0.2) is 18.1 Å². The van der Waals surface area contributed by atoms with Gasteiger partial charge in [-0.15, -0.1) is 0 Å². The lowest BCUT2D eigenvalue weighted by atomic mass is 10.0. The Balaban J connectivity index is 1.55. The van der Waals surface area contributed by atoms with E-state index in [4.69, 9.17) is 18.9 Å². The number of esters is 1. The summed E-state index contributed by atoms with van der Waals surface area (Å²) >= 11 is 0. The zero-order valence-corrected chi connectivity index (χ0v) is 17.8. The molecule has 3 aromatic carbocycles. The van der Waals surface area contributed by atoms with E-state index in [1.54, 1.807) is 12.1 Å². The molecule has 0 unspecified atom stereocenters. The Hall–Kier alpha value is -3.74. The topological polar surface area (TPSA) is 83.1 Å². The molecule has 0 atom stereocenters. The Kier molecular flexibility index (Phi) is 7.32. The van der Waals surface area contributed by atoms with Crippen LogP contribution in [0.15, 0.2) is 54.6 Å². The lowest BCUT2D eigenvalue weighted by Crippen LogP contribution is -2.28. The van der Waals surface area contributed by atoms with Crippen LogP contribution in [0.5, 0.6) is 17.2 Å². The number of ether oxygens (including phenoxy) is 4. The molecule has 0 saturated heterocycles. The van der Waals surface area contributed by atoms with Crippen LogP contribution in [0.3, 0.4) is 0 Å². The van der Waals surface area contributed by atoms with Gasteiger partial charge in [0.05, 0.1) is 27.8 Å². The predicted molar refractivity (Wildman–Crippen MR) is 117 cm³/mol.